The zero-order valence-electron chi connectivity index (χ0n) is 13.3. The summed E-state index contributed by atoms with van der Waals surface area (Å²) < 4.78 is 5.94. The van der Waals surface area contributed by atoms with Gasteiger partial charge in [0.25, 0.3) is 0 Å². The summed E-state index contributed by atoms with van der Waals surface area (Å²) in [5, 5.41) is 6.56. The number of hydrogen-bond donors (Lipinski definition) is 1. The molecule has 0 atom stereocenters. The molecule has 21 heavy (non-hydrogen) atoms. The maximum atomic E-state index is 5.94. The third-order valence-corrected chi connectivity index (χ3v) is 4.45. The standard InChI is InChI=1S/C17H24N2OS/c1-5-18-10-15-11-21-17(19-15)6-7-20-16-9-12(2)8-13(3)14(16)4/h8-9,11,18H,5-7,10H2,1-4H3. The summed E-state index contributed by atoms with van der Waals surface area (Å²) in [5.41, 5.74) is 4.88. The molecule has 0 amide bonds. The maximum absolute atomic E-state index is 5.94. The largest absolute Gasteiger partial charge is 0.493 e. The van der Waals surface area contributed by atoms with Crippen molar-refractivity contribution in [3.63, 3.8) is 0 Å². The van der Waals surface area contributed by atoms with Crippen molar-refractivity contribution >= 4 is 11.3 Å². The fraction of sp³-hybridized carbons (Fsp3) is 0.471. The van der Waals surface area contributed by atoms with Gasteiger partial charge in [0, 0.05) is 18.3 Å². The van der Waals surface area contributed by atoms with Crippen LogP contribution in [0.1, 0.15) is 34.3 Å². The van der Waals surface area contributed by atoms with E-state index in [4.69, 9.17) is 4.74 Å². The van der Waals surface area contributed by atoms with Crippen molar-refractivity contribution in [3.05, 3.63) is 44.9 Å². The minimum absolute atomic E-state index is 0.678. The van der Waals surface area contributed by atoms with Gasteiger partial charge in [0.1, 0.15) is 5.75 Å². The monoisotopic (exact) mass is 304 g/mol. The normalized spacial score (nSPS) is 10.9. The third-order valence-electron chi connectivity index (χ3n) is 3.49. The lowest BCUT2D eigenvalue weighted by atomic mass is 10.1. The van der Waals surface area contributed by atoms with E-state index in [9.17, 15) is 0 Å². The van der Waals surface area contributed by atoms with Crippen LogP contribution >= 0.6 is 11.3 Å². The number of hydrogen-bond acceptors (Lipinski definition) is 4. The van der Waals surface area contributed by atoms with Crippen molar-refractivity contribution in [2.45, 2.75) is 40.7 Å². The van der Waals surface area contributed by atoms with E-state index in [0.29, 0.717) is 6.61 Å². The predicted octanol–water partition coefficient (Wildman–Crippen LogP) is 3.80. The number of benzene rings is 1. The van der Waals surface area contributed by atoms with Gasteiger partial charge in [-0.2, -0.15) is 0 Å². The van der Waals surface area contributed by atoms with Crippen LogP contribution < -0.4 is 10.1 Å². The number of nitrogens with zero attached hydrogens (tertiary/aromatic N) is 1. The highest BCUT2D eigenvalue weighted by Crippen LogP contribution is 2.23. The van der Waals surface area contributed by atoms with E-state index in [-0.39, 0.29) is 0 Å². The highest BCUT2D eigenvalue weighted by atomic mass is 32.1. The Hall–Kier alpha value is -1.39. The quantitative estimate of drug-likeness (QED) is 0.845. The van der Waals surface area contributed by atoms with Crippen molar-refractivity contribution in [1.29, 1.82) is 0 Å². The van der Waals surface area contributed by atoms with Crippen LogP contribution in [0.5, 0.6) is 5.75 Å². The molecule has 0 radical (unpaired) electrons. The number of aromatic nitrogens is 1. The summed E-state index contributed by atoms with van der Waals surface area (Å²) in [6, 6.07) is 4.30. The van der Waals surface area contributed by atoms with Crippen molar-refractivity contribution in [2.75, 3.05) is 13.2 Å². The highest BCUT2D eigenvalue weighted by molar-refractivity contribution is 7.09. The lowest BCUT2D eigenvalue weighted by Gasteiger charge is -2.11. The fourth-order valence-corrected chi connectivity index (χ4v) is 2.98. The van der Waals surface area contributed by atoms with E-state index in [1.54, 1.807) is 11.3 Å². The molecule has 0 bridgehead atoms. The Bertz CT molecular complexity index is 592. The van der Waals surface area contributed by atoms with Crippen LogP contribution in [0, 0.1) is 20.8 Å². The first kappa shape index (κ1) is 16.0. The van der Waals surface area contributed by atoms with Gasteiger partial charge in [-0.05, 0) is 50.1 Å². The average molecular weight is 304 g/mol. The molecule has 1 aromatic carbocycles. The van der Waals surface area contributed by atoms with Gasteiger partial charge in [0.05, 0.1) is 17.3 Å². The van der Waals surface area contributed by atoms with E-state index in [0.717, 1.165) is 36.0 Å². The number of thiazole rings is 1. The summed E-state index contributed by atoms with van der Waals surface area (Å²) >= 11 is 1.71. The molecule has 0 aliphatic rings. The smallest absolute Gasteiger partial charge is 0.122 e. The van der Waals surface area contributed by atoms with Crippen LogP contribution in [0.25, 0.3) is 0 Å². The topological polar surface area (TPSA) is 34.1 Å². The molecule has 3 nitrogen and oxygen atoms in total. The Kier molecular flexibility index (Phi) is 5.76. The second kappa shape index (κ2) is 7.57. The number of nitrogens with one attached hydrogen (secondary N) is 1. The zero-order valence-corrected chi connectivity index (χ0v) is 14.1. The second-order valence-corrected chi connectivity index (χ2v) is 6.26. The second-order valence-electron chi connectivity index (χ2n) is 5.32. The molecule has 0 saturated heterocycles. The third kappa shape index (κ3) is 4.55. The Balaban J connectivity index is 1.88. The molecule has 1 heterocycles. The molecule has 2 aromatic rings. The van der Waals surface area contributed by atoms with Crippen molar-refractivity contribution < 1.29 is 4.74 Å². The highest BCUT2D eigenvalue weighted by Gasteiger charge is 2.06. The van der Waals surface area contributed by atoms with E-state index < -0.39 is 0 Å². The first-order chi connectivity index (χ1) is 10.1. The molecule has 4 heteroatoms. The zero-order chi connectivity index (χ0) is 15.2. The van der Waals surface area contributed by atoms with Crippen LogP contribution in [0.2, 0.25) is 0 Å². The van der Waals surface area contributed by atoms with E-state index in [1.165, 1.54) is 16.7 Å². The Morgan fingerprint density at radius 3 is 2.81 bits per heavy atom. The van der Waals surface area contributed by atoms with Gasteiger partial charge in [-0.3, -0.25) is 0 Å². The Labute approximate surface area is 131 Å². The SMILES string of the molecule is CCNCc1csc(CCOc2cc(C)cc(C)c2C)n1. The maximum Gasteiger partial charge on any atom is 0.122 e. The number of rotatable bonds is 7. The van der Waals surface area contributed by atoms with Crippen LogP contribution in [0.4, 0.5) is 0 Å². The van der Waals surface area contributed by atoms with Crippen molar-refractivity contribution in [2.24, 2.45) is 0 Å². The van der Waals surface area contributed by atoms with E-state index >= 15 is 0 Å². The van der Waals surface area contributed by atoms with E-state index in [2.05, 4.69) is 55.5 Å². The first-order valence-electron chi connectivity index (χ1n) is 7.44. The predicted molar refractivity (Wildman–Crippen MR) is 89.3 cm³/mol. The van der Waals surface area contributed by atoms with Crippen LogP contribution in [-0.2, 0) is 13.0 Å². The summed E-state index contributed by atoms with van der Waals surface area (Å²) in [7, 11) is 0. The van der Waals surface area contributed by atoms with Gasteiger partial charge >= 0.3 is 0 Å². The minimum atomic E-state index is 0.678. The molecule has 0 aliphatic carbocycles. The van der Waals surface area contributed by atoms with Gasteiger partial charge in [0.2, 0.25) is 0 Å². The van der Waals surface area contributed by atoms with Gasteiger partial charge in [-0.1, -0.05) is 13.0 Å². The summed E-state index contributed by atoms with van der Waals surface area (Å²) in [6.07, 6.45) is 0.864. The average Bonchev–Trinajstić information content (AvgIpc) is 2.89. The number of aryl methyl sites for hydroxylation is 2. The first-order valence-corrected chi connectivity index (χ1v) is 8.32. The van der Waals surface area contributed by atoms with Gasteiger partial charge in [-0.15, -0.1) is 11.3 Å². The van der Waals surface area contributed by atoms with Crippen LogP contribution in [0.3, 0.4) is 0 Å². The van der Waals surface area contributed by atoms with Crippen molar-refractivity contribution in [3.8, 4) is 5.75 Å². The molecular formula is C17H24N2OS. The minimum Gasteiger partial charge on any atom is -0.493 e. The van der Waals surface area contributed by atoms with Crippen molar-refractivity contribution in [1.82, 2.24) is 10.3 Å². The lowest BCUT2D eigenvalue weighted by Crippen LogP contribution is -2.12. The fourth-order valence-electron chi connectivity index (χ4n) is 2.20. The lowest BCUT2D eigenvalue weighted by molar-refractivity contribution is 0.319. The van der Waals surface area contributed by atoms with Crippen LogP contribution in [0.15, 0.2) is 17.5 Å². The summed E-state index contributed by atoms with van der Waals surface area (Å²) in [6.45, 7) is 11.0. The summed E-state index contributed by atoms with van der Waals surface area (Å²) in [4.78, 5) is 4.61. The molecule has 1 aromatic heterocycles. The molecule has 0 fully saturated rings. The molecule has 2 rings (SSSR count). The van der Waals surface area contributed by atoms with Gasteiger partial charge in [0.15, 0.2) is 0 Å². The van der Waals surface area contributed by atoms with E-state index in [1.807, 2.05) is 0 Å². The number of ether oxygens (including phenoxy) is 1. The summed E-state index contributed by atoms with van der Waals surface area (Å²) in [5.74, 6) is 0.997. The Morgan fingerprint density at radius 2 is 2.05 bits per heavy atom. The molecule has 0 unspecified atom stereocenters. The van der Waals surface area contributed by atoms with Crippen LogP contribution in [-0.4, -0.2) is 18.1 Å². The molecule has 0 spiro atoms. The molecular weight excluding hydrogens is 280 g/mol. The molecule has 0 aliphatic heterocycles. The van der Waals surface area contributed by atoms with Gasteiger partial charge in [-0.25, -0.2) is 4.98 Å². The van der Waals surface area contributed by atoms with Gasteiger partial charge < -0.3 is 10.1 Å². The molecule has 0 saturated carbocycles. The molecule has 1 N–H and O–H groups in total. The Morgan fingerprint density at radius 1 is 1.24 bits per heavy atom. The molecule has 114 valence electrons.